The number of anilines is 1. The second-order valence-corrected chi connectivity index (χ2v) is 6.58. The van der Waals surface area contributed by atoms with E-state index in [2.05, 4.69) is 0 Å². The van der Waals surface area contributed by atoms with Gasteiger partial charge in [-0.1, -0.05) is 17.7 Å². The molecule has 0 saturated carbocycles. The zero-order valence-corrected chi connectivity index (χ0v) is 15.7. The summed E-state index contributed by atoms with van der Waals surface area (Å²) >= 11 is 0.882. The fourth-order valence-corrected chi connectivity index (χ4v) is 3.36. The summed E-state index contributed by atoms with van der Waals surface area (Å²) in [6, 6.07) is 5.41. The molecule has 8 heteroatoms. The number of carbonyl (C=O) groups excluding carboxylic acids is 3. The molecule has 138 valence electrons. The number of hydrogen-bond acceptors (Lipinski definition) is 8. The zero-order chi connectivity index (χ0) is 19.4. The summed E-state index contributed by atoms with van der Waals surface area (Å²) in [6.07, 6.45) is 0. The van der Waals surface area contributed by atoms with Gasteiger partial charge in [-0.3, -0.25) is 0 Å². The van der Waals surface area contributed by atoms with E-state index in [0.29, 0.717) is 5.56 Å². The maximum atomic E-state index is 12.4. The molecule has 7 nitrogen and oxygen atoms in total. The highest BCUT2D eigenvalue weighted by Crippen LogP contribution is 2.33. The number of aryl methyl sites for hydroxylation is 2. The molecule has 0 unspecified atom stereocenters. The summed E-state index contributed by atoms with van der Waals surface area (Å²) in [5, 5.41) is 0.0926. The molecule has 0 atom stereocenters. The van der Waals surface area contributed by atoms with Crippen LogP contribution in [0.4, 0.5) is 5.00 Å². The van der Waals surface area contributed by atoms with Crippen LogP contribution in [0.15, 0.2) is 18.2 Å². The van der Waals surface area contributed by atoms with Gasteiger partial charge in [-0.05, 0) is 25.5 Å². The number of esters is 3. The van der Waals surface area contributed by atoms with Gasteiger partial charge in [-0.25, -0.2) is 14.4 Å². The lowest BCUT2D eigenvalue weighted by Gasteiger charge is -2.10. The van der Waals surface area contributed by atoms with E-state index >= 15 is 0 Å². The van der Waals surface area contributed by atoms with E-state index in [0.717, 1.165) is 22.5 Å². The molecule has 2 rings (SSSR count). The van der Waals surface area contributed by atoms with Crippen LogP contribution in [0.25, 0.3) is 0 Å². The second kappa shape index (κ2) is 8.01. The minimum atomic E-state index is -0.716. The monoisotopic (exact) mass is 377 g/mol. The molecular formula is C18H19NO6S. The molecule has 1 aromatic carbocycles. The lowest BCUT2D eigenvalue weighted by molar-refractivity contribution is 0.0452. The lowest BCUT2D eigenvalue weighted by Crippen LogP contribution is -2.13. The van der Waals surface area contributed by atoms with Crippen molar-refractivity contribution in [2.45, 2.75) is 20.5 Å². The molecule has 0 saturated heterocycles. The molecule has 1 heterocycles. The molecule has 0 spiro atoms. The van der Waals surface area contributed by atoms with Crippen molar-refractivity contribution in [3.05, 3.63) is 50.9 Å². The van der Waals surface area contributed by atoms with Crippen molar-refractivity contribution < 1.29 is 28.6 Å². The van der Waals surface area contributed by atoms with E-state index in [1.54, 1.807) is 13.0 Å². The molecule has 26 heavy (non-hydrogen) atoms. The van der Waals surface area contributed by atoms with Gasteiger partial charge in [-0.15, -0.1) is 11.3 Å². The van der Waals surface area contributed by atoms with Crippen LogP contribution >= 0.6 is 11.3 Å². The van der Waals surface area contributed by atoms with E-state index in [-0.39, 0.29) is 27.6 Å². The van der Waals surface area contributed by atoms with Gasteiger partial charge in [0.15, 0.2) is 0 Å². The van der Waals surface area contributed by atoms with Gasteiger partial charge in [-0.2, -0.15) is 0 Å². The molecule has 0 aliphatic rings. The Balaban J connectivity index is 2.35. The first-order valence-electron chi connectivity index (χ1n) is 7.62. The summed E-state index contributed by atoms with van der Waals surface area (Å²) in [4.78, 5) is 36.5. The van der Waals surface area contributed by atoms with Gasteiger partial charge in [0.1, 0.15) is 22.0 Å². The minimum Gasteiger partial charge on any atom is -0.465 e. The van der Waals surface area contributed by atoms with Crippen LogP contribution in [0.1, 0.15) is 47.1 Å². The molecule has 0 fully saturated rings. The smallest absolute Gasteiger partial charge is 0.348 e. The molecular weight excluding hydrogens is 358 g/mol. The first kappa shape index (κ1) is 19.5. The highest BCUT2D eigenvalue weighted by Gasteiger charge is 2.28. The molecule has 0 amide bonds. The number of rotatable bonds is 5. The van der Waals surface area contributed by atoms with E-state index < -0.39 is 17.9 Å². The molecule has 2 N–H and O–H groups in total. The Hall–Kier alpha value is -2.87. The van der Waals surface area contributed by atoms with Gasteiger partial charge < -0.3 is 19.9 Å². The fraction of sp³-hybridized carbons (Fsp3) is 0.278. The molecule has 0 radical (unpaired) electrons. The van der Waals surface area contributed by atoms with Crippen LogP contribution in [0.2, 0.25) is 0 Å². The summed E-state index contributed by atoms with van der Waals surface area (Å²) < 4.78 is 14.7. The van der Waals surface area contributed by atoms with Gasteiger partial charge in [0.25, 0.3) is 0 Å². The van der Waals surface area contributed by atoms with Crippen molar-refractivity contribution in [1.82, 2.24) is 0 Å². The highest BCUT2D eigenvalue weighted by atomic mass is 32.1. The SMILES string of the molecule is COC(=O)c1sc(N)c(C(=O)OC)c1COC(=O)c1cc(C)ccc1C. The Morgan fingerprint density at radius 3 is 2.31 bits per heavy atom. The number of carbonyl (C=O) groups is 3. The van der Waals surface area contributed by atoms with Crippen LogP contribution in [-0.2, 0) is 20.8 Å². The predicted octanol–water partition coefficient (Wildman–Crippen LogP) is 2.88. The Morgan fingerprint density at radius 2 is 1.69 bits per heavy atom. The quantitative estimate of drug-likeness (QED) is 0.631. The first-order valence-corrected chi connectivity index (χ1v) is 8.43. The van der Waals surface area contributed by atoms with Crippen LogP contribution in [0.3, 0.4) is 0 Å². The molecule has 0 bridgehead atoms. The summed E-state index contributed by atoms with van der Waals surface area (Å²) in [7, 11) is 2.41. The fourth-order valence-electron chi connectivity index (χ4n) is 2.38. The summed E-state index contributed by atoms with van der Waals surface area (Å²) in [5.41, 5.74) is 8.10. The van der Waals surface area contributed by atoms with E-state index in [1.165, 1.54) is 14.2 Å². The van der Waals surface area contributed by atoms with Crippen molar-refractivity contribution in [3.63, 3.8) is 0 Å². The number of ether oxygens (including phenoxy) is 3. The zero-order valence-electron chi connectivity index (χ0n) is 14.9. The summed E-state index contributed by atoms with van der Waals surface area (Å²) in [5.74, 6) is -1.95. The first-order chi connectivity index (χ1) is 12.3. The van der Waals surface area contributed by atoms with Crippen molar-refractivity contribution in [2.24, 2.45) is 0 Å². The number of hydrogen-bond donors (Lipinski definition) is 1. The number of thiophene rings is 1. The molecule has 0 aliphatic carbocycles. The van der Waals surface area contributed by atoms with E-state index in [1.807, 2.05) is 19.1 Å². The molecule has 1 aromatic heterocycles. The van der Waals surface area contributed by atoms with Gasteiger partial charge >= 0.3 is 17.9 Å². The second-order valence-electron chi connectivity index (χ2n) is 5.53. The van der Waals surface area contributed by atoms with Crippen molar-refractivity contribution >= 4 is 34.2 Å². The van der Waals surface area contributed by atoms with Crippen molar-refractivity contribution in [2.75, 3.05) is 20.0 Å². The van der Waals surface area contributed by atoms with E-state index in [4.69, 9.17) is 19.9 Å². The number of nitrogen functional groups attached to an aromatic ring is 1. The Bertz CT molecular complexity index is 871. The van der Waals surface area contributed by atoms with E-state index in [9.17, 15) is 14.4 Å². The summed E-state index contributed by atoms with van der Waals surface area (Å²) in [6.45, 7) is 3.34. The molecule has 0 aliphatic heterocycles. The standard InChI is InChI=1S/C18H19NO6S/c1-9-5-6-10(2)11(7-9)16(20)25-8-12-13(17(21)23-3)15(19)26-14(12)18(22)24-4/h5-7H,8,19H2,1-4H3. The topological polar surface area (TPSA) is 105 Å². The average molecular weight is 377 g/mol. The van der Waals surface area contributed by atoms with Crippen LogP contribution in [0.5, 0.6) is 0 Å². The van der Waals surface area contributed by atoms with Crippen molar-refractivity contribution in [1.29, 1.82) is 0 Å². The maximum absolute atomic E-state index is 12.4. The third kappa shape index (κ3) is 3.85. The van der Waals surface area contributed by atoms with Crippen LogP contribution in [-0.4, -0.2) is 32.1 Å². The third-order valence-corrected chi connectivity index (χ3v) is 4.80. The average Bonchev–Trinajstić information content (AvgIpc) is 2.96. The normalized spacial score (nSPS) is 10.3. The Morgan fingerprint density at radius 1 is 1.04 bits per heavy atom. The minimum absolute atomic E-state index is 0.00617. The largest absolute Gasteiger partial charge is 0.465 e. The number of benzene rings is 1. The maximum Gasteiger partial charge on any atom is 0.348 e. The third-order valence-electron chi connectivity index (χ3n) is 3.76. The lowest BCUT2D eigenvalue weighted by atomic mass is 10.1. The predicted molar refractivity (Wildman–Crippen MR) is 96.4 cm³/mol. The Labute approximate surface area is 154 Å². The van der Waals surface area contributed by atoms with Gasteiger partial charge in [0.2, 0.25) is 0 Å². The van der Waals surface area contributed by atoms with Gasteiger partial charge in [0, 0.05) is 5.56 Å². The Kier molecular flexibility index (Phi) is 5.99. The number of methoxy groups -OCH3 is 2. The number of nitrogens with two attached hydrogens (primary N) is 1. The van der Waals surface area contributed by atoms with Crippen molar-refractivity contribution in [3.8, 4) is 0 Å². The molecule has 2 aromatic rings. The van der Waals surface area contributed by atoms with Gasteiger partial charge in [0.05, 0.1) is 19.8 Å². The van der Waals surface area contributed by atoms with Crippen LogP contribution in [0, 0.1) is 13.8 Å². The van der Waals surface area contributed by atoms with Crippen LogP contribution < -0.4 is 5.73 Å². The highest BCUT2D eigenvalue weighted by molar-refractivity contribution is 7.18.